The molecule has 7 fully saturated rings. The van der Waals surface area contributed by atoms with Gasteiger partial charge in [0.15, 0.2) is 0 Å². The van der Waals surface area contributed by atoms with E-state index in [1.54, 1.807) is 47.6 Å². The standard InChI is InChI=1S/C19H21IN2O3.C17H24BNO3.C16H18INO2.C12H24B2O4.C11H12INO.C9H13NO2.C6H5FIN.C4H5ClO.CH4/c1-12-10-21-18(9-16(12)20)22(19(23)13-4-5-13)11-14-6-7-15(24-2)8-17(14)25-3;1-11-10-19-13(9-15(20)12-6-7-12)8-14(11)18-21-16(2,3)17(4,5)22-18;1-11-10-18-13(8-15(11)17)6-4-12-5-7-14(19-2)9-16(12)20-3;1-9(2)10(3,4)16-13(15-9)14-17-11(5,6)12(7,8)18-14;1-7-6-13-9(4-10(7)12)5-11(14)8-2-3-8;1-11-8-4-3-7(6-10)9(5-8)12-2;1-4-3-9-6(7)2-5(4)8;5-4(6)3-1-2-3;/h6-10,13H,4-5,11H2,1-3H3;8,10,12H,6-7,9H2,1-5H3;5,7-10H,4,6H2,1-3H3;1-8H3;4,6,8H,2-3,5H2,1H3;3-5H,6,10H2,1-2H3;2-3H,1H3;3H,1-2H2;1H4. The average molecular weight is 2220 g/mol. The SMILES string of the molecule is C.CC1(C)OB(B2OC(C)(C)C(C)(C)O2)OC1(C)C.COc1ccc(CCc2cc(I)c(C)cn2)c(OC)c1.COc1ccc(CN(C(=O)C2CC2)c2cc(I)c(C)cn2)c(OC)c1.COc1ccc(CN)c(OC)c1.Cc1cnc(CC(=O)C2CC2)cc1B1OC(C)(C)C(C)(C)O1.Cc1cnc(CC(=O)C2CC2)cc1I.Cc1cnc(F)cc1I.O=C(Cl)C1CC1. The third-order valence-electron chi connectivity index (χ3n) is 23.5. The van der Waals surface area contributed by atoms with Crippen LogP contribution in [0.4, 0.5) is 10.2 Å². The van der Waals surface area contributed by atoms with E-state index < -0.39 is 27.1 Å². The van der Waals surface area contributed by atoms with Crippen molar-refractivity contribution in [1.29, 1.82) is 0 Å². The van der Waals surface area contributed by atoms with Crippen molar-refractivity contribution in [2.75, 3.05) is 47.6 Å². The molecule has 32 heteroatoms. The molecule has 0 radical (unpaired) electrons. The molecule has 7 aliphatic rings. The number of hydrogen-bond acceptors (Lipinski definition) is 22. The minimum absolute atomic E-state index is 0. The Balaban J connectivity index is 0.000000204. The monoisotopic (exact) mass is 2220 g/mol. The third kappa shape index (κ3) is 31.5. The summed E-state index contributed by atoms with van der Waals surface area (Å²) in [5, 5.41) is -0.157. The van der Waals surface area contributed by atoms with E-state index in [0.29, 0.717) is 55.0 Å². The van der Waals surface area contributed by atoms with Crippen LogP contribution in [0, 0.1) is 78.5 Å². The molecular formula is C95H126B3ClFI4N7O16. The highest BCUT2D eigenvalue weighted by molar-refractivity contribution is 14.1. The van der Waals surface area contributed by atoms with Crippen molar-refractivity contribution in [2.45, 2.75) is 249 Å². The Labute approximate surface area is 812 Å². The molecule has 4 aliphatic carbocycles. The van der Waals surface area contributed by atoms with Crippen molar-refractivity contribution in [3.05, 3.63) is 198 Å². The van der Waals surface area contributed by atoms with Crippen LogP contribution in [0.15, 0.2) is 116 Å². The fraction of sp³-hybridized carbons (Fsp3) is 0.505. The number of amides is 1. The molecule has 0 atom stereocenters. The first-order valence-corrected chi connectivity index (χ1v) is 47.0. The van der Waals surface area contributed by atoms with Gasteiger partial charge in [0.2, 0.25) is 17.1 Å². The van der Waals surface area contributed by atoms with Gasteiger partial charge in [-0.1, -0.05) is 19.6 Å². The zero-order valence-electron chi connectivity index (χ0n) is 77.0. The maximum atomic E-state index is 12.8. The Morgan fingerprint density at radius 2 is 0.780 bits per heavy atom. The molecule has 3 aromatic carbocycles. The molecule has 127 heavy (non-hydrogen) atoms. The van der Waals surface area contributed by atoms with Crippen LogP contribution < -0.4 is 44.5 Å². The van der Waals surface area contributed by atoms with Crippen LogP contribution in [0.5, 0.6) is 34.5 Å². The Kier molecular flexibility index (Phi) is 40.7. The van der Waals surface area contributed by atoms with Gasteiger partial charge in [0.1, 0.15) is 51.9 Å². The molecule has 0 bridgehead atoms. The number of anilines is 1. The summed E-state index contributed by atoms with van der Waals surface area (Å²) in [4.78, 5) is 69.2. The van der Waals surface area contributed by atoms with Crippen molar-refractivity contribution in [3.63, 3.8) is 0 Å². The Hall–Kier alpha value is -6.26. The van der Waals surface area contributed by atoms with Crippen molar-refractivity contribution >= 4 is 157 Å². The normalized spacial score (nSPS) is 17.1. The van der Waals surface area contributed by atoms with Crippen LogP contribution in [-0.2, 0) is 85.9 Å². The van der Waals surface area contributed by atoms with Crippen LogP contribution in [0.3, 0.4) is 0 Å². The molecule has 1 amide bonds. The van der Waals surface area contributed by atoms with Gasteiger partial charge in [0.25, 0.3) is 0 Å². The largest absolute Gasteiger partial charge is 0.497 e. The van der Waals surface area contributed by atoms with Crippen molar-refractivity contribution in [3.8, 4) is 34.5 Å². The van der Waals surface area contributed by atoms with Gasteiger partial charge in [-0.2, -0.15) is 4.39 Å². The number of Topliss-reactive ketones (excluding diaryl/α,β-unsaturated/α-hetero) is 2. The smallest absolute Gasteiger partial charge is 0.495 e. The van der Waals surface area contributed by atoms with Gasteiger partial charge in [-0.3, -0.25) is 39.0 Å². The topological polar surface area (TPSA) is 273 Å². The number of ketones is 2. The minimum Gasteiger partial charge on any atom is -0.497 e. The molecule has 23 nitrogen and oxygen atoms in total. The molecule has 688 valence electrons. The number of hydrogen-bond donors (Lipinski definition) is 1. The number of nitrogens with two attached hydrogens (primary N) is 1. The van der Waals surface area contributed by atoms with Crippen LogP contribution in [-0.4, -0.2) is 145 Å². The molecule has 3 aliphatic heterocycles. The molecular weight excluding hydrogens is 2090 g/mol. The highest BCUT2D eigenvalue weighted by Gasteiger charge is 2.64. The Morgan fingerprint density at radius 1 is 0.433 bits per heavy atom. The lowest BCUT2D eigenvalue weighted by Crippen LogP contribution is -2.41. The van der Waals surface area contributed by atoms with Gasteiger partial charge < -0.3 is 62.1 Å². The predicted octanol–water partition coefficient (Wildman–Crippen LogP) is 19.8. The van der Waals surface area contributed by atoms with Crippen LogP contribution in [0.25, 0.3) is 0 Å². The summed E-state index contributed by atoms with van der Waals surface area (Å²) < 4.78 is 84.3. The molecule has 8 heterocycles. The number of carbonyl (C=O) groups excluding carboxylic acids is 4. The number of pyridine rings is 5. The van der Waals surface area contributed by atoms with Crippen LogP contribution in [0.2, 0.25) is 0 Å². The average Bonchev–Trinajstić information content (AvgIpc) is 1.78. The van der Waals surface area contributed by atoms with Crippen molar-refractivity contribution in [1.82, 2.24) is 24.9 Å². The van der Waals surface area contributed by atoms with Gasteiger partial charge in [0.05, 0.1) is 82.8 Å². The molecule has 4 saturated carbocycles. The van der Waals surface area contributed by atoms with E-state index >= 15 is 0 Å². The summed E-state index contributed by atoms with van der Waals surface area (Å²) in [6.07, 6.45) is 19.9. The molecule has 5 aromatic heterocycles. The predicted molar refractivity (Wildman–Crippen MR) is 535 cm³/mol. The Bertz CT molecular complexity index is 4980. The van der Waals surface area contributed by atoms with Crippen LogP contribution in [0.1, 0.15) is 203 Å². The maximum Gasteiger partial charge on any atom is 0.495 e. The number of halogens is 6. The molecule has 0 unspecified atom stereocenters. The van der Waals surface area contributed by atoms with E-state index in [2.05, 4.69) is 134 Å². The van der Waals surface area contributed by atoms with Crippen LogP contribution >= 0.6 is 102 Å². The van der Waals surface area contributed by atoms with Gasteiger partial charge in [-0.05, 0) is 371 Å². The fourth-order valence-electron chi connectivity index (χ4n) is 12.4. The highest BCUT2D eigenvalue weighted by atomic mass is 127. The first-order valence-electron chi connectivity index (χ1n) is 42.3. The lowest BCUT2D eigenvalue weighted by molar-refractivity contribution is -0.120. The van der Waals surface area contributed by atoms with Crippen molar-refractivity contribution in [2.24, 2.45) is 29.4 Å². The molecule has 2 N–H and O–H groups in total. The lowest BCUT2D eigenvalue weighted by Gasteiger charge is -2.32. The maximum absolute atomic E-state index is 12.8. The quantitative estimate of drug-likeness (QED) is 0.0270. The van der Waals surface area contributed by atoms with E-state index in [9.17, 15) is 23.6 Å². The molecule has 3 saturated heterocycles. The lowest BCUT2D eigenvalue weighted by atomic mass is 9.49. The number of nitrogens with zero attached hydrogens (tertiary/aromatic N) is 6. The molecule has 15 rings (SSSR count). The van der Waals surface area contributed by atoms with Gasteiger partial charge in [0, 0.05) is 141 Å². The summed E-state index contributed by atoms with van der Waals surface area (Å²) in [5.41, 5.74) is 15.8. The van der Waals surface area contributed by atoms with E-state index in [1.807, 2.05) is 202 Å². The summed E-state index contributed by atoms with van der Waals surface area (Å²) in [7, 11) is 8.48. The van der Waals surface area contributed by atoms with E-state index in [0.717, 1.165) is 150 Å². The van der Waals surface area contributed by atoms with E-state index in [1.165, 1.54) is 36.1 Å². The summed E-state index contributed by atoms with van der Waals surface area (Å²) >= 11 is 14.0. The first-order chi connectivity index (χ1) is 59.2. The second-order valence-corrected chi connectivity index (χ2v) is 40.1. The number of carbonyl (C=O) groups is 4. The van der Waals surface area contributed by atoms with E-state index in [-0.39, 0.29) is 69.9 Å². The number of aryl methyl sites for hydroxylation is 7. The van der Waals surface area contributed by atoms with Crippen molar-refractivity contribution < 1.29 is 79.9 Å². The van der Waals surface area contributed by atoms with Gasteiger partial charge in [-0.25, -0.2) is 9.97 Å². The third-order valence-corrected chi connectivity index (χ3v) is 28.5. The number of rotatable bonds is 23. The minimum atomic E-state index is -0.476. The van der Waals surface area contributed by atoms with Gasteiger partial charge in [-0.15, -0.1) is 0 Å². The number of benzene rings is 3. The Morgan fingerprint density at radius 3 is 1.15 bits per heavy atom. The zero-order valence-corrected chi connectivity index (χ0v) is 86.4. The fourth-order valence-corrected chi connectivity index (χ4v) is 14.4. The summed E-state index contributed by atoms with van der Waals surface area (Å²) in [5.74, 6) is 6.68. The number of methoxy groups -OCH3 is 6. The second kappa shape index (κ2) is 47.9. The zero-order chi connectivity index (χ0) is 93.1. The highest BCUT2D eigenvalue weighted by Crippen LogP contribution is 2.44. The van der Waals surface area contributed by atoms with E-state index in [4.69, 9.17) is 73.7 Å². The number of aromatic nitrogens is 5. The number of ether oxygens (including phenoxy) is 6. The molecule has 0 spiro atoms. The summed E-state index contributed by atoms with van der Waals surface area (Å²) in [6, 6.07) is 26.7. The first kappa shape index (κ1) is 108. The summed E-state index contributed by atoms with van der Waals surface area (Å²) in [6.45, 7) is 35.3. The second-order valence-electron chi connectivity index (χ2n) is 35.1. The molecule has 8 aromatic rings. The van der Waals surface area contributed by atoms with Gasteiger partial charge >= 0.3 is 21.1 Å².